The molecule has 3 nitrogen and oxygen atoms in total. The number of nitrogens with one attached hydrogen (secondary N) is 2. The standard InChI is InChI=1S/C12H22N2O/c1-9-5-7-12(2,8-6-9)14-11(15)13-10-3-4-10/h9-10H,3-8H2,1-2H3,(H2,13,14,15). The van der Waals surface area contributed by atoms with Crippen LogP contribution in [0.4, 0.5) is 4.79 Å². The first-order chi connectivity index (χ1) is 7.07. The van der Waals surface area contributed by atoms with Crippen LogP contribution in [-0.2, 0) is 0 Å². The summed E-state index contributed by atoms with van der Waals surface area (Å²) in [5.41, 5.74) is 0.0332. The first kappa shape index (κ1) is 10.8. The lowest BCUT2D eigenvalue weighted by Gasteiger charge is -2.37. The molecule has 0 saturated heterocycles. The predicted octanol–water partition coefficient (Wildman–Crippen LogP) is 2.42. The fourth-order valence-electron chi connectivity index (χ4n) is 2.25. The fraction of sp³-hybridized carbons (Fsp3) is 0.917. The Balaban J connectivity index is 1.78. The van der Waals surface area contributed by atoms with E-state index in [1.165, 1.54) is 12.8 Å². The van der Waals surface area contributed by atoms with Crippen molar-refractivity contribution in [3.8, 4) is 0 Å². The number of amides is 2. The van der Waals surface area contributed by atoms with Crippen molar-refractivity contribution in [2.24, 2.45) is 5.92 Å². The summed E-state index contributed by atoms with van der Waals surface area (Å²) in [7, 11) is 0. The number of rotatable bonds is 2. The van der Waals surface area contributed by atoms with Gasteiger partial charge in [0.2, 0.25) is 0 Å². The van der Waals surface area contributed by atoms with Crippen LogP contribution in [0.1, 0.15) is 52.4 Å². The van der Waals surface area contributed by atoms with Crippen molar-refractivity contribution in [3.63, 3.8) is 0 Å². The highest BCUT2D eigenvalue weighted by Gasteiger charge is 2.32. The molecule has 2 aliphatic rings. The largest absolute Gasteiger partial charge is 0.335 e. The van der Waals surface area contributed by atoms with Crippen LogP contribution in [0.2, 0.25) is 0 Å². The molecule has 0 unspecified atom stereocenters. The lowest BCUT2D eigenvalue weighted by atomic mass is 9.78. The van der Waals surface area contributed by atoms with Crippen LogP contribution in [0.3, 0.4) is 0 Å². The topological polar surface area (TPSA) is 41.1 Å². The van der Waals surface area contributed by atoms with Gasteiger partial charge in [-0.3, -0.25) is 0 Å². The highest BCUT2D eigenvalue weighted by Crippen LogP contribution is 2.31. The lowest BCUT2D eigenvalue weighted by Crippen LogP contribution is -2.52. The second-order valence-electron chi connectivity index (χ2n) is 5.62. The molecule has 2 N–H and O–H groups in total. The Hall–Kier alpha value is -0.730. The van der Waals surface area contributed by atoms with Gasteiger partial charge in [0, 0.05) is 11.6 Å². The summed E-state index contributed by atoms with van der Waals surface area (Å²) >= 11 is 0. The maximum absolute atomic E-state index is 11.6. The van der Waals surface area contributed by atoms with Gasteiger partial charge in [-0.15, -0.1) is 0 Å². The minimum absolute atomic E-state index is 0.0332. The Labute approximate surface area is 92.0 Å². The zero-order valence-electron chi connectivity index (χ0n) is 9.81. The third-order valence-electron chi connectivity index (χ3n) is 3.71. The number of urea groups is 1. The SMILES string of the molecule is CC1CCC(C)(NC(=O)NC2CC2)CC1. The third kappa shape index (κ3) is 3.11. The third-order valence-corrected chi connectivity index (χ3v) is 3.71. The van der Waals surface area contributed by atoms with E-state index in [9.17, 15) is 4.79 Å². The van der Waals surface area contributed by atoms with Gasteiger partial charge in [-0.1, -0.05) is 6.92 Å². The molecule has 0 bridgehead atoms. The predicted molar refractivity (Wildman–Crippen MR) is 60.7 cm³/mol. The van der Waals surface area contributed by atoms with E-state index in [2.05, 4.69) is 24.5 Å². The summed E-state index contributed by atoms with van der Waals surface area (Å²) in [6.07, 6.45) is 7.02. The number of carbonyl (C=O) groups is 1. The van der Waals surface area contributed by atoms with Crippen molar-refractivity contribution in [2.75, 3.05) is 0 Å². The van der Waals surface area contributed by atoms with E-state index in [0.29, 0.717) is 6.04 Å². The van der Waals surface area contributed by atoms with E-state index < -0.39 is 0 Å². The maximum atomic E-state index is 11.6. The van der Waals surface area contributed by atoms with Gasteiger partial charge in [-0.25, -0.2) is 4.79 Å². The zero-order valence-corrected chi connectivity index (χ0v) is 9.81. The van der Waals surface area contributed by atoms with Crippen LogP contribution in [0.25, 0.3) is 0 Å². The molecule has 0 aromatic heterocycles. The summed E-state index contributed by atoms with van der Waals surface area (Å²) < 4.78 is 0. The molecule has 2 saturated carbocycles. The number of hydrogen-bond donors (Lipinski definition) is 2. The normalized spacial score (nSPS) is 36.0. The Morgan fingerprint density at radius 1 is 1.20 bits per heavy atom. The van der Waals surface area contributed by atoms with Gasteiger partial charge in [-0.2, -0.15) is 0 Å². The quantitative estimate of drug-likeness (QED) is 0.722. The van der Waals surface area contributed by atoms with Crippen molar-refractivity contribution < 1.29 is 4.79 Å². The van der Waals surface area contributed by atoms with Crippen LogP contribution in [0.5, 0.6) is 0 Å². The van der Waals surface area contributed by atoms with Crippen LogP contribution >= 0.6 is 0 Å². The molecule has 0 atom stereocenters. The Bertz CT molecular complexity index is 240. The molecular formula is C12H22N2O. The van der Waals surface area contributed by atoms with E-state index >= 15 is 0 Å². The van der Waals surface area contributed by atoms with Crippen molar-refractivity contribution in [1.29, 1.82) is 0 Å². The van der Waals surface area contributed by atoms with Gasteiger partial charge < -0.3 is 10.6 Å². The first-order valence-electron chi connectivity index (χ1n) is 6.16. The van der Waals surface area contributed by atoms with E-state index in [0.717, 1.165) is 31.6 Å². The average Bonchev–Trinajstić information content (AvgIpc) is 2.94. The molecule has 2 rings (SSSR count). The van der Waals surface area contributed by atoms with Gasteiger partial charge in [0.1, 0.15) is 0 Å². The molecule has 0 radical (unpaired) electrons. The summed E-state index contributed by atoms with van der Waals surface area (Å²) in [6, 6.07) is 0.491. The second kappa shape index (κ2) is 4.03. The molecule has 0 heterocycles. The minimum atomic E-state index is 0.0332. The molecule has 86 valence electrons. The molecule has 2 fully saturated rings. The minimum Gasteiger partial charge on any atom is -0.335 e. The van der Waals surface area contributed by atoms with Gasteiger partial charge in [0.15, 0.2) is 0 Å². The molecule has 2 amide bonds. The van der Waals surface area contributed by atoms with Crippen molar-refractivity contribution in [2.45, 2.75) is 64.0 Å². The van der Waals surface area contributed by atoms with Gasteiger partial charge in [0.05, 0.1) is 0 Å². The van der Waals surface area contributed by atoms with Crippen LogP contribution in [0, 0.1) is 5.92 Å². The molecule has 2 aliphatic carbocycles. The van der Waals surface area contributed by atoms with E-state index in [1.54, 1.807) is 0 Å². The van der Waals surface area contributed by atoms with Crippen molar-refractivity contribution >= 4 is 6.03 Å². The van der Waals surface area contributed by atoms with E-state index in [1.807, 2.05) is 0 Å². The second-order valence-corrected chi connectivity index (χ2v) is 5.62. The van der Waals surface area contributed by atoms with Gasteiger partial charge >= 0.3 is 6.03 Å². The Morgan fingerprint density at radius 2 is 1.80 bits per heavy atom. The van der Waals surface area contributed by atoms with Crippen LogP contribution in [-0.4, -0.2) is 17.6 Å². The highest BCUT2D eigenvalue weighted by molar-refractivity contribution is 5.75. The highest BCUT2D eigenvalue weighted by atomic mass is 16.2. The van der Waals surface area contributed by atoms with E-state index in [-0.39, 0.29) is 11.6 Å². The molecule has 0 aliphatic heterocycles. The van der Waals surface area contributed by atoms with Crippen molar-refractivity contribution in [3.05, 3.63) is 0 Å². The Morgan fingerprint density at radius 3 is 2.33 bits per heavy atom. The van der Waals surface area contributed by atoms with Gasteiger partial charge in [0.25, 0.3) is 0 Å². The van der Waals surface area contributed by atoms with Crippen LogP contribution in [0.15, 0.2) is 0 Å². The zero-order chi connectivity index (χ0) is 10.9. The van der Waals surface area contributed by atoms with Crippen LogP contribution < -0.4 is 10.6 Å². The maximum Gasteiger partial charge on any atom is 0.315 e. The molecule has 15 heavy (non-hydrogen) atoms. The fourth-order valence-corrected chi connectivity index (χ4v) is 2.25. The summed E-state index contributed by atoms with van der Waals surface area (Å²) in [4.78, 5) is 11.6. The Kier molecular flexibility index (Phi) is 2.89. The van der Waals surface area contributed by atoms with E-state index in [4.69, 9.17) is 0 Å². The first-order valence-corrected chi connectivity index (χ1v) is 6.16. The molecular weight excluding hydrogens is 188 g/mol. The molecule has 0 spiro atoms. The number of carbonyl (C=O) groups excluding carboxylic acids is 1. The average molecular weight is 210 g/mol. The molecule has 3 heteroatoms. The summed E-state index contributed by atoms with van der Waals surface area (Å²) in [5.74, 6) is 0.825. The lowest BCUT2D eigenvalue weighted by molar-refractivity contribution is 0.196. The number of hydrogen-bond acceptors (Lipinski definition) is 1. The molecule has 0 aromatic rings. The monoisotopic (exact) mass is 210 g/mol. The molecule has 0 aromatic carbocycles. The summed E-state index contributed by atoms with van der Waals surface area (Å²) in [5, 5.41) is 6.12. The van der Waals surface area contributed by atoms with Crippen molar-refractivity contribution in [1.82, 2.24) is 10.6 Å². The summed E-state index contributed by atoms with van der Waals surface area (Å²) in [6.45, 7) is 4.47. The van der Waals surface area contributed by atoms with Gasteiger partial charge in [-0.05, 0) is 51.4 Å². The smallest absolute Gasteiger partial charge is 0.315 e.